The number of aryl methyl sites for hydroxylation is 1. The summed E-state index contributed by atoms with van der Waals surface area (Å²) >= 11 is 0. The number of aromatic nitrogens is 4. The van der Waals surface area contributed by atoms with E-state index in [1.807, 2.05) is 30.0 Å². The molecular weight excluding hydrogens is 348 g/mol. The zero-order valence-corrected chi connectivity index (χ0v) is 15.1. The van der Waals surface area contributed by atoms with Crippen molar-refractivity contribution in [2.75, 3.05) is 19.4 Å². The van der Waals surface area contributed by atoms with Gasteiger partial charge in [0.15, 0.2) is 0 Å². The predicted molar refractivity (Wildman–Crippen MR) is 98.1 cm³/mol. The Bertz CT molecular complexity index is 1090. The fourth-order valence-corrected chi connectivity index (χ4v) is 3.69. The third-order valence-corrected chi connectivity index (χ3v) is 4.95. The standard InChI is InChI=1S/C18H20N6O3/c1-10-4-3-5-13-12(10)6-7-23(15(13)16(26)27-2)9-11-8-14(25)24-18(20-11)21-17(19)22-24/h3-5,8,15H,6-7,9H2,1-2H3,(H3,19,20,21,22). The van der Waals surface area contributed by atoms with Crippen LogP contribution in [0.25, 0.3) is 5.78 Å². The van der Waals surface area contributed by atoms with Crippen molar-refractivity contribution in [1.29, 1.82) is 0 Å². The van der Waals surface area contributed by atoms with Crippen LogP contribution in [0, 0.1) is 6.92 Å². The molecule has 9 heteroatoms. The average Bonchev–Trinajstić information content (AvgIpc) is 3.02. The van der Waals surface area contributed by atoms with Crippen molar-refractivity contribution in [2.45, 2.75) is 25.9 Å². The number of ether oxygens (including phenoxy) is 1. The zero-order valence-electron chi connectivity index (χ0n) is 15.1. The molecule has 3 aromatic rings. The first kappa shape index (κ1) is 17.2. The van der Waals surface area contributed by atoms with Gasteiger partial charge in [-0.1, -0.05) is 18.2 Å². The molecule has 0 spiro atoms. The number of hydrogen-bond donors (Lipinski definition) is 2. The summed E-state index contributed by atoms with van der Waals surface area (Å²) in [6.07, 6.45) is 0.812. The first-order chi connectivity index (χ1) is 13.0. The Balaban J connectivity index is 1.72. The quantitative estimate of drug-likeness (QED) is 0.649. The highest BCUT2D eigenvalue weighted by atomic mass is 16.5. The van der Waals surface area contributed by atoms with Crippen molar-refractivity contribution >= 4 is 17.7 Å². The van der Waals surface area contributed by atoms with Crippen molar-refractivity contribution in [3.05, 3.63) is 57.0 Å². The number of carbonyl (C=O) groups is 1. The number of fused-ring (bicyclic) bond motifs is 2. The van der Waals surface area contributed by atoms with Gasteiger partial charge in [0.1, 0.15) is 6.04 Å². The second kappa shape index (κ2) is 6.51. The average molecular weight is 368 g/mol. The minimum Gasteiger partial charge on any atom is -0.468 e. The number of benzene rings is 1. The maximum Gasteiger partial charge on any atom is 0.327 e. The van der Waals surface area contributed by atoms with Gasteiger partial charge in [0, 0.05) is 19.2 Å². The summed E-state index contributed by atoms with van der Waals surface area (Å²) in [5.74, 6) is -0.00667. The second-order valence-corrected chi connectivity index (χ2v) is 6.62. The molecule has 140 valence electrons. The summed E-state index contributed by atoms with van der Waals surface area (Å²) in [6.45, 7) is 3.02. The number of nitrogens with one attached hydrogen (secondary N) is 1. The number of hydrogen-bond acceptors (Lipinski definition) is 7. The molecule has 4 rings (SSSR count). The van der Waals surface area contributed by atoms with Crippen LogP contribution in [0.15, 0.2) is 29.1 Å². The van der Waals surface area contributed by atoms with Gasteiger partial charge in [0.2, 0.25) is 5.95 Å². The van der Waals surface area contributed by atoms with E-state index in [2.05, 4.69) is 15.1 Å². The highest BCUT2D eigenvalue weighted by Crippen LogP contribution is 2.33. The molecular formula is C18H20N6O3. The third kappa shape index (κ3) is 2.95. The van der Waals surface area contributed by atoms with Gasteiger partial charge in [0.05, 0.1) is 12.8 Å². The molecule has 3 heterocycles. The second-order valence-electron chi connectivity index (χ2n) is 6.62. The third-order valence-electron chi connectivity index (χ3n) is 4.95. The maximum absolute atomic E-state index is 12.5. The Hall–Kier alpha value is -3.20. The molecule has 0 bridgehead atoms. The summed E-state index contributed by atoms with van der Waals surface area (Å²) in [7, 11) is 1.38. The van der Waals surface area contributed by atoms with Crippen LogP contribution in [0.3, 0.4) is 0 Å². The van der Waals surface area contributed by atoms with Crippen LogP contribution < -0.4 is 11.3 Å². The maximum atomic E-state index is 12.5. The molecule has 27 heavy (non-hydrogen) atoms. The summed E-state index contributed by atoms with van der Waals surface area (Å²) in [5.41, 5.74) is 9.10. The molecule has 0 radical (unpaired) electrons. The molecule has 1 aliphatic rings. The number of rotatable bonds is 3. The van der Waals surface area contributed by atoms with E-state index in [1.165, 1.54) is 23.3 Å². The van der Waals surface area contributed by atoms with Crippen LogP contribution in [0.4, 0.5) is 5.95 Å². The topological polar surface area (TPSA) is 119 Å². The molecule has 3 N–H and O–H groups in total. The monoisotopic (exact) mass is 368 g/mol. The van der Waals surface area contributed by atoms with Crippen molar-refractivity contribution in [1.82, 2.24) is 24.5 Å². The van der Waals surface area contributed by atoms with Gasteiger partial charge < -0.3 is 10.5 Å². The number of nitrogens with zero attached hydrogens (tertiary/aromatic N) is 4. The molecule has 1 aromatic carbocycles. The fourth-order valence-electron chi connectivity index (χ4n) is 3.69. The number of H-pyrrole nitrogens is 1. The Kier molecular flexibility index (Phi) is 4.15. The van der Waals surface area contributed by atoms with Gasteiger partial charge in [0.25, 0.3) is 11.3 Å². The van der Waals surface area contributed by atoms with Gasteiger partial charge in [-0.05, 0) is 30.0 Å². The number of esters is 1. The van der Waals surface area contributed by atoms with Crippen LogP contribution in [-0.2, 0) is 22.5 Å². The molecule has 0 aliphatic carbocycles. The molecule has 0 fully saturated rings. The van der Waals surface area contributed by atoms with Gasteiger partial charge in [-0.15, -0.1) is 0 Å². The van der Waals surface area contributed by atoms with Gasteiger partial charge in [-0.3, -0.25) is 14.8 Å². The van der Waals surface area contributed by atoms with Gasteiger partial charge >= 0.3 is 5.97 Å². The van der Waals surface area contributed by atoms with Gasteiger partial charge in [-0.2, -0.15) is 9.50 Å². The summed E-state index contributed by atoms with van der Waals surface area (Å²) in [6, 6.07) is 6.82. The molecule has 1 atom stereocenters. The number of anilines is 1. The van der Waals surface area contributed by atoms with Crippen LogP contribution in [0.1, 0.15) is 28.4 Å². The van der Waals surface area contributed by atoms with E-state index in [1.54, 1.807) is 0 Å². The largest absolute Gasteiger partial charge is 0.468 e. The molecule has 2 aromatic heterocycles. The fraction of sp³-hybridized carbons (Fsp3) is 0.333. The van der Waals surface area contributed by atoms with E-state index >= 15 is 0 Å². The lowest BCUT2D eigenvalue weighted by molar-refractivity contribution is -0.148. The predicted octanol–water partition coefficient (Wildman–Crippen LogP) is 0.581. The highest BCUT2D eigenvalue weighted by Gasteiger charge is 2.34. The Morgan fingerprint density at radius 2 is 2.22 bits per heavy atom. The summed E-state index contributed by atoms with van der Waals surface area (Å²) in [5, 5.41) is 2.63. The van der Waals surface area contributed by atoms with E-state index < -0.39 is 6.04 Å². The lowest BCUT2D eigenvalue weighted by Crippen LogP contribution is -2.40. The van der Waals surface area contributed by atoms with E-state index in [9.17, 15) is 9.59 Å². The van der Waals surface area contributed by atoms with Crippen LogP contribution in [-0.4, -0.2) is 44.1 Å². The van der Waals surface area contributed by atoms with Crippen molar-refractivity contribution in [3.8, 4) is 0 Å². The minimum atomic E-state index is -0.539. The van der Waals surface area contributed by atoms with Gasteiger partial charge in [-0.25, -0.2) is 9.78 Å². The van der Waals surface area contributed by atoms with Crippen molar-refractivity contribution < 1.29 is 9.53 Å². The summed E-state index contributed by atoms with van der Waals surface area (Å²) < 4.78 is 6.24. The number of carbonyl (C=O) groups excluding carboxylic acids is 1. The molecule has 9 nitrogen and oxygen atoms in total. The Morgan fingerprint density at radius 3 is 3.00 bits per heavy atom. The number of aromatic amines is 1. The summed E-state index contributed by atoms with van der Waals surface area (Å²) in [4.78, 5) is 35.2. The van der Waals surface area contributed by atoms with Crippen LogP contribution in [0.5, 0.6) is 0 Å². The SMILES string of the molecule is COC(=O)C1c2cccc(C)c2CCN1Cc1cc(=O)n2[nH]c(N)nc2n1. The smallest absolute Gasteiger partial charge is 0.327 e. The molecule has 0 saturated carbocycles. The van der Waals surface area contributed by atoms with E-state index in [0.29, 0.717) is 18.8 Å². The molecule has 0 saturated heterocycles. The number of nitrogens with two attached hydrogens (primary N) is 1. The Labute approximate surface area is 154 Å². The molecule has 1 aliphatic heterocycles. The Morgan fingerprint density at radius 1 is 1.41 bits per heavy atom. The lowest BCUT2D eigenvalue weighted by atomic mass is 9.89. The number of methoxy groups -OCH3 is 1. The normalized spacial score (nSPS) is 17.0. The lowest BCUT2D eigenvalue weighted by Gasteiger charge is -2.35. The van der Waals surface area contributed by atoms with E-state index in [0.717, 1.165) is 17.5 Å². The molecule has 1 unspecified atom stereocenters. The van der Waals surface area contributed by atoms with Crippen molar-refractivity contribution in [3.63, 3.8) is 0 Å². The minimum absolute atomic E-state index is 0.117. The van der Waals surface area contributed by atoms with Crippen molar-refractivity contribution in [2.24, 2.45) is 0 Å². The molecule has 0 amide bonds. The van der Waals surface area contributed by atoms with E-state index in [-0.39, 0.29) is 23.3 Å². The zero-order chi connectivity index (χ0) is 19.1. The number of nitrogen functional groups attached to an aromatic ring is 1. The first-order valence-corrected chi connectivity index (χ1v) is 8.62. The first-order valence-electron chi connectivity index (χ1n) is 8.62. The highest BCUT2D eigenvalue weighted by molar-refractivity contribution is 5.78. The van der Waals surface area contributed by atoms with E-state index in [4.69, 9.17) is 10.5 Å². The van der Waals surface area contributed by atoms with Crippen LogP contribution >= 0.6 is 0 Å². The van der Waals surface area contributed by atoms with Crippen LogP contribution in [0.2, 0.25) is 0 Å².